The van der Waals surface area contributed by atoms with Gasteiger partial charge >= 0.3 is 0 Å². The molecule has 1 saturated heterocycles. The molecule has 4 aromatic rings. The van der Waals surface area contributed by atoms with E-state index in [0.29, 0.717) is 24.5 Å². The molecule has 0 spiro atoms. The minimum atomic E-state index is -0.184. The van der Waals surface area contributed by atoms with Crippen LogP contribution in [0.3, 0.4) is 0 Å². The van der Waals surface area contributed by atoms with Crippen molar-refractivity contribution in [2.24, 2.45) is 7.05 Å². The van der Waals surface area contributed by atoms with E-state index < -0.39 is 0 Å². The molecule has 0 atom stereocenters. The van der Waals surface area contributed by atoms with Gasteiger partial charge in [0.15, 0.2) is 0 Å². The number of aromatic nitrogens is 3. The lowest BCUT2D eigenvalue weighted by Crippen LogP contribution is -2.37. The molecule has 34 heavy (non-hydrogen) atoms. The number of hydrogen-bond acceptors (Lipinski definition) is 5. The molecule has 1 aliphatic heterocycles. The molecule has 8 nitrogen and oxygen atoms in total. The Hall–Kier alpha value is -3.91. The smallest absolute Gasteiger partial charge is 0.257 e. The van der Waals surface area contributed by atoms with Gasteiger partial charge in [-0.1, -0.05) is 6.07 Å². The first kappa shape index (κ1) is 21.9. The summed E-state index contributed by atoms with van der Waals surface area (Å²) in [7, 11) is 1.87. The highest BCUT2D eigenvalue weighted by Gasteiger charge is 2.21. The Bertz CT molecular complexity index is 1450. The molecular formula is C26H27N5O3. The van der Waals surface area contributed by atoms with Gasteiger partial charge in [-0.05, 0) is 54.8 Å². The van der Waals surface area contributed by atoms with Gasteiger partial charge < -0.3 is 19.9 Å². The second-order valence-corrected chi connectivity index (χ2v) is 8.72. The van der Waals surface area contributed by atoms with Crippen molar-refractivity contribution in [1.29, 1.82) is 0 Å². The number of ether oxygens (including phenoxy) is 1. The van der Waals surface area contributed by atoms with Gasteiger partial charge in [-0.15, -0.1) is 0 Å². The average molecular weight is 458 g/mol. The molecule has 174 valence electrons. The molecule has 1 aliphatic rings. The fourth-order valence-electron chi connectivity index (χ4n) is 4.45. The van der Waals surface area contributed by atoms with E-state index >= 15 is 0 Å². The second-order valence-electron chi connectivity index (χ2n) is 8.72. The van der Waals surface area contributed by atoms with Crippen LogP contribution in [-0.4, -0.2) is 47.0 Å². The summed E-state index contributed by atoms with van der Waals surface area (Å²) in [6.07, 6.45) is 3.73. The summed E-state index contributed by atoms with van der Waals surface area (Å²) in [5.41, 5.74) is 6.43. The maximum atomic E-state index is 13.6. The quantitative estimate of drug-likeness (QED) is 0.488. The molecule has 0 unspecified atom stereocenters. The van der Waals surface area contributed by atoms with Crippen LogP contribution < -0.4 is 15.8 Å². The average Bonchev–Trinajstić information content (AvgIpc) is 3.26. The maximum Gasteiger partial charge on any atom is 0.257 e. The Morgan fingerprint density at radius 1 is 1.06 bits per heavy atom. The van der Waals surface area contributed by atoms with E-state index in [1.165, 1.54) is 0 Å². The number of anilines is 2. The SMILES string of the molecule is Cc1cc2[nH]c(=O)cc(C)c2cc1NC(=O)c1cc(-c2cnn(C)c2)ccc1N1CCOCC1. The molecule has 1 fully saturated rings. The van der Waals surface area contributed by atoms with Crippen LogP contribution in [-0.2, 0) is 11.8 Å². The van der Waals surface area contributed by atoms with Crippen LogP contribution >= 0.6 is 0 Å². The fourth-order valence-corrected chi connectivity index (χ4v) is 4.45. The van der Waals surface area contributed by atoms with Gasteiger partial charge in [-0.3, -0.25) is 14.3 Å². The van der Waals surface area contributed by atoms with Crippen molar-refractivity contribution in [3.8, 4) is 11.1 Å². The van der Waals surface area contributed by atoms with Crippen molar-refractivity contribution in [2.45, 2.75) is 13.8 Å². The third-order valence-electron chi connectivity index (χ3n) is 6.27. The zero-order valence-electron chi connectivity index (χ0n) is 19.5. The van der Waals surface area contributed by atoms with Crippen LogP contribution in [0.2, 0.25) is 0 Å². The van der Waals surface area contributed by atoms with Crippen molar-refractivity contribution in [3.63, 3.8) is 0 Å². The zero-order valence-corrected chi connectivity index (χ0v) is 19.5. The first-order valence-corrected chi connectivity index (χ1v) is 11.3. The van der Waals surface area contributed by atoms with Gasteiger partial charge in [-0.2, -0.15) is 5.10 Å². The number of amides is 1. The lowest BCUT2D eigenvalue weighted by atomic mass is 10.0. The van der Waals surface area contributed by atoms with E-state index in [0.717, 1.165) is 51.9 Å². The summed E-state index contributed by atoms with van der Waals surface area (Å²) in [6, 6.07) is 11.3. The van der Waals surface area contributed by atoms with E-state index in [9.17, 15) is 9.59 Å². The van der Waals surface area contributed by atoms with Gasteiger partial charge in [0.1, 0.15) is 0 Å². The number of benzene rings is 2. The van der Waals surface area contributed by atoms with Crippen LogP contribution in [0.5, 0.6) is 0 Å². The number of carbonyl (C=O) groups is 1. The monoisotopic (exact) mass is 457 g/mol. The maximum absolute atomic E-state index is 13.6. The number of morpholine rings is 1. The Labute approximate surface area is 197 Å². The number of rotatable bonds is 4. The molecule has 5 rings (SSSR count). The highest BCUT2D eigenvalue weighted by molar-refractivity contribution is 6.10. The number of aryl methyl sites for hydroxylation is 3. The van der Waals surface area contributed by atoms with Crippen molar-refractivity contribution < 1.29 is 9.53 Å². The minimum absolute atomic E-state index is 0.136. The number of aromatic amines is 1. The number of nitrogens with zero attached hydrogens (tertiary/aromatic N) is 3. The number of fused-ring (bicyclic) bond motifs is 1. The molecule has 2 aromatic carbocycles. The van der Waals surface area contributed by atoms with E-state index in [2.05, 4.69) is 20.3 Å². The Kier molecular flexibility index (Phi) is 5.67. The highest BCUT2D eigenvalue weighted by Crippen LogP contribution is 2.30. The zero-order chi connectivity index (χ0) is 23.8. The molecule has 2 N–H and O–H groups in total. The van der Waals surface area contributed by atoms with Gasteiger partial charge in [0, 0.05) is 60.2 Å². The third kappa shape index (κ3) is 4.20. The first-order valence-electron chi connectivity index (χ1n) is 11.3. The summed E-state index contributed by atoms with van der Waals surface area (Å²) < 4.78 is 7.26. The summed E-state index contributed by atoms with van der Waals surface area (Å²) >= 11 is 0. The van der Waals surface area contributed by atoms with Gasteiger partial charge in [-0.25, -0.2) is 0 Å². The fraction of sp³-hybridized carbons (Fsp3) is 0.269. The van der Waals surface area contributed by atoms with Gasteiger partial charge in [0.05, 0.1) is 25.0 Å². The van der Waals surface area contributed by atoms with E-state index in [4.69, 9.17) is 4.74 Å². The largest absolute Gasteiger partial charge is 0.378 e. The van der Waals surface area contributed by atoms with Crippen LogP contribution in [0.25, 0.3) is 22.0 Å². The molecule has 2 aromatic heterocycles. The highest BCUT2D eigenvalue weighted by atomic mass is 16.5. The van der Waals surface area contributed by atoms with Crippen molar-refractivity contribution in [3.05, 3.63) is 75.8 Å². The number of H-pyrrole nitrogens is 1. The number of pyridine rings is 1. The Morgan fingerprint density at radius 3 is 2.59 bits per heavy atom. The number of nitrogens with one attached hydrogen (secondary N) is 2. The molecule has 0 saturated carbocycles. The van der Waals surface area contributed by atoms with Crippen molar-refractivity contribution in [1.82, 2.24) is 14.8 Å². The van der Waals surface area contributed by atoms with Crippen LogP contribution in [0.1, 0.15) is 21.5 Å². The van der Waals surface area contributed by atoms with Gasteiger partial charge in [0.2, 0.25) is 5.56 Å². The summed E-state index contributed by atoms with van der Waals surface area (Å²) in [5.74, 6) is -0.184. The Balaban J connectivity index is 1.55. The molecule has 8 heteroatoms. The first-order chi connectivity index (χ1) is 16.4. The topological polar surface area (TPSA) is 92.2 Å². The summed E-state index contributed by atoms with van der Waals surface area (Å²) in [5, 5.41) is 8.28. The van der Waals surface area contributed by atoms with Crippen LogP contribution in [0.4, 0.5) is 11.4 Å². The molecule has 0 radical (unpaired) electrons. The van der Waals surface area contributed by atoms with E-state index in [-0.39, 0.29) is 11.5 Å². The third-order valence-corrected chi connectivity index (χ3v) is 6.27. The van der Waals surface area contributed by atoms with Crippen LogP contribution in [0, 0.1) is 13.8 Å². The lowest BCUT2D eigenvalue weighted by molar-refractivity contribution is 0.102. The predicted molar refractivity (Wildman–Crippen MR) is 134 cm³/mol. The lowest BCUT2D eigenvalue weighted by Gasteiger charge is -2.30. The normalized spacial score (nSPS) is 13.9. The number of carbonyl (C=O) groups excluding carboxylic acids is 1. The molecule has 0 bridgehead atoms. The summed E-state index contributed by atoms with van der Waals surface area (Å²) in [6.45, 7) is 6.54. The molecule has 0 aliphatic carbocycles. The predicted octanol–water partition coefficient (Wildman–Crippen LogP) is 3.63. The second kappa shape index (κ2) is 8.79. The Morgan fingerprint density at radius 2 is 1.85 bits per heavy atom. The van der Waals surface area contributed by atoms with Crippen molar-refractivity contribution >= 4 is 28.2 Å². The summed E-state index contributed by atoms with van der Waals surface area (Å²) in [4.78, 5) is 30.6. The van der Waals surface area contributed by atoms with Crippen molar-refractivity contribution in [2.75, 3.05) is 36.5 Å². The van der Waals surface area contributed by atoms with E-state index in [1.54, 1.807) is 16.9 Å². The van der Waals surface area contributed by atoms with E-state index in [1.807, 2.05) is 57.4 Å². The molecule has 3 heterocycles. The van der Waals surface area contributed by atoms with Crippen LogP contribution in [0.15, 0.2) is 53.6 Å². The minimum Gasteiger partial charge on any atom is -0.378 e. The number of hydrogen-bond donors (Lipinski definition) is 2. The molecular weight excluding hydrogens is 430 g/mol. The van der Waals surface area contributed by atoms with Gasteiger partial charge in [0.25, 0.3) is 5.91 Å². The standard InChI is InChI=1S/C26H27N5O3/c1-16-11-25(32)28-23-10-17(2)22(13-20(16)23)29-26(33)21-12-18(19-14-27-30(3)15-19)4-5-24(21)31-6-8-34-9-7-31/h4-5,10-15H,6-9H2,1-3H3,(H,28,32)(H,29,33). The molecule has 1 amide bonds.